The first-order valence-electron chi connectivity index (χ1n) is 5.36. The summed E-state index contributed by atoms with van der Waals surface area (Å²) in [6.07, 6.45) is 1.08. The average molecular weight is 323 g/mol. The standard InChI is InChI=1S/C12H8AsClN2O2/c13-11-3-6-1-7(10-5-16-12(17)18-10)2-9(14)8(6)4-15-11/h1-4,10H,5H2,(H,16,17). The minimum absolute atomic E-state index is 0.276. The zero-order chi connectivity index (χ0) is 12.7. The number of aromatic nitrogens is 1. The van der Waals surface area contributed by atoms with Gasteiger partial charge in [-0.3, -0.25) is 0 Å². The van der Waals surface area contributed by atoms with Crippen molar-refractivity contribution < 1.29 is 9.53 Å². The van der Waals surface area contributed by atoms with Crippen molar-refractivity contribution in [2.45, 2.75) is 6.10 Å². The number of rotatable bonds is 1. The molecule has 1 saturated heterocycles. The first kappa shape index (κ1) is 11.8. The molecule has 1 N–H and O–H groups in total. The molecule has 18 heavy (non-hydrogen) atoms. The van der Waals surface area contributed by atoms with Gasteiger partial charge in [-0.25, -0.2) is 0 Å². The van der Waals surface area contributed by atoms with Crippen LogP contribution in [-0.4, -0.2) is 34.5 Å². The molecule has 0 aliphatic carbocycles. The number of pyridine rings is 1. The van der Waals surface area contributed by atoms with Gasteiger partial charge in [0.1, 0.15) is 0 Å². The molecule has 2 aromatic rings. The van der Waals surface area contributed by atoms with E-state index in [1.807, 2.05) is 18.2 Å². The van der Waals surface area contributed by atoms with Gasteiger partial charge in [0.25, 0.3) is 0 Å². The van der Waals surface area contributed by atoms with E-state index >= 15 is 0 Å². The number of nitrogens with one attached hydrogen (secondary N) is 1. The van der Waals surface area contributed by atoms with E-state index in [2.05, 4.69) is 27.2 Å². The monoisotopic (exact) mass is 322 g/mol. The molecule has 1 fully saturated rings. The fourth-order valence-electron chi connectivity index (χ4n) is 1.98. The quantitative estimate of drug-likeness (QED) is 0.809. The van der Waals surface area contributed by atoms with E-state index in [1.54, 1.807) is 6.20 Å². The fourth-order valence-corrected chi connectivity index (χ4v) is 2.68. The maximum atomic E-state index is 11.1. The first-order valence-corrected chi connectivity index (χ1v) is 6.68. The molecule has 1 atom stereocenters. The second-order valence-corrected chi connectivity index (χ2v) is 5.41. The first-order chi connectivity index (χ1) is 8.63. The van der Waals surface area contributed by atoms with Crippen LogP contribution in [0.2, 0.25) is 5.02 Å². The van der Waals surface area contributed by atoms with Gasteiger partial charge >= 0.3 is 117 Å². The number of hydrogen-bond donors (Lipinski definition) is 1. The van der Waals surface area contributed by atoms with Crippen LogP contribution in [-0.2, 0) is 4.74 Å². The van der Waals surface area contributed by atoms with Crippen LogP contribution in [0.1, 0.15) is 11.7 Å². The number of ether oxygens (including phenoxy) is 1. The van der Waals surface area contributed by atoms with Crippen LogP contribution in [0.4, 0.5) is 4.79 Å². The average Bonchev–Trinajstić information content (AvgIpc) is 2.75. The molecular weight excluding hydrogens is 315 g/mol. The summed E-state index contributed by atoms with van der Waals surface area (Å²) in [7, 11) is 0. The Morgan fingerprint density at radius 1 is 1.44 bits per heavy atom. The second-order valence-electron chi connectivity index (χ2n) is 4.04. The summed E-state index contributed by atoms with van der Waals surface area (Å²) in [6, 6.07) is 5.74. The number of benzene rings is 1. The van der Waals surface area contributed by atoms with Gasteiger partial charge in [0, 0.05) is 0 Å². The summed E-state index contributed by atoms with van der Waals surface area (Å²) in [5.41, 5.74) is 0.893. The molecule has 2 heterocycles. The van der Waals surface area contributed by atoms with Crippen LogP contribution in [0.25, 0.3) is 10.8 Å². The number of cyclic esters (lactones) is 1. The zero-order valence-corrected chi connectivity index (χ0v) is 11.8. The van der Waals surface area contributed by atoms with Crippen LogP contribution in [0.15, 0.2) is 24.4 Å². The minimum atomic E-state index is -0.390. The molecule has 4 nitrogen and oxygen atoms in total. The van der Waals surface area contributed by atoms with Gasteiger partial charge in [-0.15, -0.1) is 0 Å². The van der Waals surface area contributed by atoms with Crippen molar-refractivity contribution in [3.8, 4) is 0 Å². The number of carbonyl (C=O) groups excluding carboxylic acids is 1. The molecule has 1 aliphatic rings. The summed E-state index contributed by atoms with van der Waals surface area (Å²) in [5, 5.41) is 5.13. The Labute approximate surface area is 117 Å². The molecule has 2 radical (unpaired) electrons. The van der Waals surface area contributed by atoms with Gasteiger partial charge in [-0.05, 0) is 0 Å². The normalized spacial score (nSPS) is 18.8. The van der Waals surface area contributed by atoms with Crippen molar-refractivity contribution in [1.29, 1.82) is 0 Å². The van der Waals surface area contributed by atoms with Crippen LogP contribution < -0.4 is 9.80 Å². The summed E-state index contributed by atoms with van der Waals surface area (Å²) in [5.74, 6) is 0. The van der Waals surface area contributed by atoms with E-state index < -0.39 is 6.09 Å². The van der Waals surface area contributed by atoms with Crippen molar-refractivity contribution in [2.75, 3.05) is 6.54 Å². The molecular formula is C12H8AsClN2O2. The number of nitrogens with zero attached hydrogens (tertiary/aromatic N) is 1. The number of fused-ring (bicyclic) bond motifs is 1. The molecule has 1 aromatic heterocycles. The van der Waals surface area contributed by atoms with Crippen molar-refractivity contribution in [3.05, 3.63) is 35.0 Å². The third-order valence-corrected chi connectivity index (χ3v) is 3.67. The molecule has 1 aromatic carbocycles. The molecule has 1 amide bonds. The summed E-state index contributed by atoms with van der Waals surface area (Å²) in [4.78, 5) is 15.2. The molecule has 1 unspecified atom stereocenters. The van der Waals surface area contributed by atoms with E-state index in [-0.39, 0.29) is 6.10 Å². The number of carbonyl (C=O) groups is 1. The number of hydrogen-bond acceptors (Lipinski definition) is 3. The van der Waals surface area contributed by atoms with Crippen molar-refractivity contribution in [1.82, 2.24) is 10.3 Å². The Kier molecular flexibility index (Phi) is 2.92. The molecule has 0 bridgehead atoms. The predicted molar refractivity (Wildman–Crippen MR) is 69.4 cm³/mol. The molecule has 3 rings (SSSR count). The molecule has 6 heteroatoms. The van der Waals surface area contributed by atoms with Crippen LogP contribution in [0.5, 0.6) is 0 Å². The van der Waals surface area contributed by atoms with Gasteiger partial charge in [0.2, 0.25) is 0 Å². The Hall–Kier alpha value is -1.25. The number of amides is 1. The number of alkyl carbamates (subject to hydrolysis) is 1. The molecule has 0 spiro atoms. The molecule has 0 saturated carbocycles. The van der Waals surface area contributed by atoms with Gasteiger partial charge in [0.15, 0.2) is 0 Å². The van der Waals surface area contributed by atoms with Gasteiger partial charge in [-0.2, -0.15) is 0 Å². The number of halogens is 1. The van der Waals surface area contributed by atoms with Crippen molar-refractivity contribution in [3.63, 3.8) is 0 Å². The van der Waals surface area contributed by atoms with Gasteiger partial charge in [0.05, 0.1) is 0 Å². The van der Waals surface area contributed by atoms with E-state index in [4.69, 9.17) is 16.3 Å². The Balaban J connectivity index is 2.11. The summed E-state index contributed by atoms with van der Waals surface area (Å²) in [6.45, 7) is 0.473. The second kappa shape index (κ2) is 4.45. The van der Waals surface area contributed by atoms with Crippen molar-refractivity contribution >= 4 is 49.8 Å². The van der Waals surface area contributed by atoms with E-state index in [1.165, 1.54) is 0 Å². The summed E-state index contributed by atoms with van der Waals surface area (Å²) < 4.78 is 6.02. The third-order valence-electron chi connectivity index (χ3n) is 2.85. The SMILES string of the molecule is O=C1NCC(c2cc(Cl)c3cnc([As])cc3c2)O1. The van der Waals surface area contributed by atoms with Crippen molar-refractivity contribution in [2.24, 2.45) is 0 Å². The Bertz CT molecular complexity index is 647. The molecule has 1 aliphatic heterocycles. The summed E-state index contributed by atoms with van der Waals surface area (Å²) >= 11 is 8.62. The predicted octanol–water partition coefficient (Wildman–Crippen LogP) is 1.46. The van der Waals surface area contributed by atoms with Crippen LogP contribution >= 0.6 is 11.6 Å². The zero-order valence-electron chi connectivity index (χ0n) is 9.18. The van der Waals surface area contributed by atoms with Crippen LogP contribution in [0, 0.1) is 0 Å². The van der Waals surface area contributed by atoms with Gasteiger partial charge in [-0.1, -0.05) is 0 Å². The van der Waals surface area contributed by atoms with Gasteiger partial charge < -0.3 is 0 Å². The topological polar surface area (TPSA) is 51.2 Å². The Morgan fingerprint density at radius 3 is 3.00 bits per heavy atom. The van der Waals surface area contributed by atoms with E-state index in [9.17, 15) is 4.79 Å². The Morgan fingerprint density at radius 2 is 2.28 bits per heavy atom. The van der Waals surface area contributed by atoms with Crippen LogP contribution in [0.3, 0.4) is 0 Å². The van der Waals surface area contributed by atoms with E-state index in [0.29, 0.717) is 11.6 Å². The maximum absolute atomic E-state index is 11.1. The third kappa shape index (κ3) is 2.06. The fraction of sp³-hybridized carbons (Fsp3) is 0.167. The van der Waals surface area contributed by atoms with E-state index in [0.717, 1.165) is 20.8 Å². The molecule has 90 valence electrons.